The number of rotatable bonds is 6. The first kappa shape index (κ1) is 15.0. The Labute approximate surface area is 124 Å². The van der Waals surface area contributed by atoms with Crippen LogP contribution in [0.4, 0.5) is 0 Å². The molecule has 2 rings (SSSR count). The van der Waals surface area contributed by atoms with E-state index in [1.54, 1.807) is 0 Å². The number of hydrazine groups is 1. The summed E-state index contributed by atoms with van der Waals surface area (Å²) in [6.45, 7) is 1.91. The highest BCUT2D eigenvalue weighted by molar-refractivity contribution is 6.31. The van der Waals surface area contributed by atoms with Gasteiger partial charge >= 0.3 is 0 Å². The molecule has 1 unspecified atom stereocenters. The van der Waals surface area contributed by atoms with Gasteiger partial charge in [0.2, 0.25) is 0 Å². The molecule has 0 amide bonds. The van der Waals surface area contributed by atoms with Gasteiger partial charge in [-0.3, -0.25) is 20.9 Å². The average Bonchev–Trinajstić information content (AvgIpc) is 2.70. The lowest BCUT2D eigenvalue weighted by Crippen LogP contribution is -2.37. The van der Waals surface area contributed by atoms with Crippen LogP contribution in [0.3, 0.4) is 0 Å². The van der Waals surface area contributed by atoms with Gasteiger partial charge in [-0.2, -0.15) is 5.10 Å². The third-order valence-electron chi connectivity index (χ3n) is 3.41. The van der Waals surface area contributed by atoms with Gasteiger partial charge in [0.05, 0.1) is 16.4 Å². The van der Waals surface area contributed by atoms with Crippen molar-refractivity contribution in [1.82, 2.24) is 20.2 Å². The van der Waals surface area contributed by atoms with Gasteiger partial charge in [-0.1, -0.05) is 17.7 Å². The fraction of sp³-hybridized carbons (Fsp3) is 0.429. The highest BCUT2D eigenvalue weighted by Gasteiger charge is 2.16. The zero-order valence-corrected chi connectivity index (χ0v) is 12.6. The number of hydrogen-bond acceptors (Lipinski definition) is 4. The summed E-state index contributed by atoms with van der Waals surface area (Å²) in [6.07, 6.45) is 4.33. The Kier molecular flexibility index (Phi) is 5.11. The number of nitrogens with two attached hydrogens (primary N) is 1. The summed E-state index contributed by atoms with van der Waals surface area (Å²) in [4.78, 5) is 4.32. The largest absolute Gasteiger partial charge is 0.271 e. The van der Waals surface area contributed by atoms with Crippen molar-refractivity contribution < 1.29 is 0 Å². The predicted molar refractivity (Wildman–Crippen MR) is 80.3 cm³/mol. The van der Waals surface area contributed by atoms with Crippen LogP contribution in [0.5, 0.6) is 0 Å². The zero-order valence-electron chi connectivity index (χ0n) is 11.8. The highest BCUT2D eigenvalue weighted by Crippen LogP contribution is 2.21. The standard InChI is InChI=1S/C14H20ClN5/c1-10-14(15)13(20(2)19-10)9-12(18-16)7-6-11-5-3-4-8-17-11/h3-5,8,12,18H,6-7,9,16H2,1-2H3. The number of halogens is 1. The Hall–Kier alpha value is -1.43. The predicted octanol–water partition coefficient (Wildman–Crippen LogP) is 1.78. The van der Waals surface area contributed by atoms with Gasteiger partial charge in [0.25, 0.3) is 0 Å². The first-order valence-corrected chi connectivity index (χ1v) is 7.03. The van der Waals surface area contributed by atoms with Crippen molar-refractivity contribution >= 4 is 11.6 Å². The number of hydrogen-bond donors (Lipinski definition) is 2. The molecule has 2 aromatic heterocycles. The molecule has 0 aliphatic heterocycles. The summed E-state index contributed by atoms with van der Waals surface area (Å²) in [6, 6.07) is 6.08. The van der Waals surface area contributed by atoms with Crippen molar-refractivity contribution in [2.75, 3.05) is 0 Å². The van der Waals surface area contributed by atoms with Crippen LogP contribution in [0, 0.1) is 6.92 Å². The van der Waals surface area contributed by atoms with Crippen molar-refractivity contribution in [3.05, 3.63) is 46.5 Å². The fourth-order valence-corrected chi connectivity index (χ4v) is 2.48. The van der Waals surface area contributed by atoms with Crippen LogP contribution in [0.15, 0.2) is 24.4 Å². The van der Waals surface area contributed by atoms with Crippen molar-refractivity contribution in [2.24, 2.45) is 12.9 Å². The minimum atomic E-state index is 0.143. The molecular formula is C14H20ClN5. The van der Waals surface area contributed by atoms with Crippen LogP contribution in [-0.2, 0) is 19.9 Å². The summed E-state index contributed by atoms with van der Waals surface area (Å²) in [5.74, 6) is 5.65. The molecule has 0 saturated carbocycles. The van der Waals surface area contributed by atoms with E-state index < -0.39 is 0 Å². The molecule has 108 valence electrons. The molecule has 0 aliphatic rings. The summed E-state index contributed by atoms with van der Waals surface area (Å²) >= 11 is 6.27. The van der Waals surface area contributed by atoms with Gasteiger partial charge in [-0.05, 0) is 31.9 Å². The summed E-state index contributed by atoms with van der Waals surface area (Å²) in [5.41, 5.74) is 5.79. The highest BCUT2D eigenvalue weighted by atomic mass is 35.5. The van der Waals surface area contributed by atoms with Crippen molar-refractivity contribution in [3.8, 4) is 0 Å². The minimum absolute atomic E-state index is 0.143. The van der Waals surface area contributed by atoms with Crippen molar-refractivity contribution in [1.29, 1.82) is 0 Å². The monoisotopic (exact) mass is 293 g/mol. The first-order chi connectivity index (χ1) is 9.61. The van der Waals surface area contributed by atoms with Gasteiger partial charge in [-0.15, -0.1) is 0 Å². The van der Waals surface area contributed by atoms with Gasteiger partial charge in [0.1, 0.15) is 0 Å². The Morgan fingerprint density at radius 2 is 2.25 bits per heavy atom. The van der Waals surface area contributed by atoms with E-state index in [0.29, 0.717) is 0 Å². The van der Waals surface area contributed by atoms with E-state index in [9.17, 15) is 0 Å². The van der Waals surface area contributed by atoms with Crippen LogP contribution >= 0.6 is 11.6 Å². The zero-order chi connectivity index (χ0) is 14.5. The second-order valence-corrected chi connectivity index (χ2v) is 5.28. The maximum absolute atomic E-state index is 6.27. The summed E-state index contributed by atoms with van der Waals surface area (Å²) in [5, 5.41) is 5.05. The maximum atomic E-state index is 6.27. The molecule has 0 aromatic carbocycles. The van der Waals surface area contributed by atoms with E-state index in [2.05, 4.69) is 15.5 Å². The van der Waals surface area contributed by atoms with E-state index in [4.69, 9.17) is 17.4 Å². The molecule has 0 fully saturated rings. The SMILES string of the molecule is Cc1nn(C)c(CC(CCc2ccccn2)NN)c1Cl. The first-order valence-electron chi connectivity index (χ1n) is 6.65. The summed E-state index contributed by atoms with van der Waals surface area (Å²) in [7, 11) is 1.90. The second kappa shape index (κ2) is 6.83. The van der Waals surface area contributed by atoms with E-state index in [0.717, 1.165) is 41.4 Å². The van der Waals surface area contributed by atoms with Crippen LogP contribution < -0.4 is 11.3 Å². The minimum Gasteiger partial charge on any atom is -0.271 e. The molecule has 0 spiro atoms. The van der Waals surface area contributed by atoms with Gasteiger partial charge in [0.15, 0.2) is 0 Å². The third-order valence-corrected chi connectivity index (χ3v) is 3.90. The fourth-order valence-electron chi connectivity index (χ4n) is 2.25. The van der Waals surface area contributed by atoms with E-state index in [1.807, 2.05) is 43.0 Å². The number of pyridine rings is 1. The van der Waals surface area contributed by atoms with Crippen LogP contribution in [0.25, 0.3) is 0 Å². The molecule has 6 heteroatoms. The topological polar surface area (TPSA) is 68.8 Å². The van der Waals surface area contributed by atoms with Gasteiger partial charge in [0, 0.05) is 31.4 Å². The molecular weight excluding hydrogens is 274 g/mol. The average molecular weight is 294 g/mol. The normalized spacial score (nSPS) is 12.6. The lowest BCUT2D eigenvalue weighted by atomic mass is 10.0. The van der Waals surface area contributed by atoms with Crippen molar-refractivity contribution in [2.45, 2.75) is 32.2 Å². The molecule has 1 atom stereocenters. The van der Waals surface area contributed by atoms with Crippen LogP contribution in [0.1, 0.15) is 23.5 Å². The number of aryl methyl sites for hydroxylation is 3. The molecule has 2 heterocycles. The Bertz CT molecular complexity index is 552. The van der Waals surface area contributed by atoms with E-state index >= 15 is 0 Å². The molecule has 0 aliphatic carbocycles. The molecule has 20 heavy (non-hydrogen) atoms. The lowest BCUT2D eigenvalue weighted by molar-refractivity contribution is 0.476. The molecule has 0 bridgehead atoms. The quantitative estimate of drug-likeness (QED) is 0.629. The molecule has 2 aromatic rings. The molecule has 3 N–H and O–H groups in total. The third kappa shape index (κ3) is 3.56. The van der Waals surface area contributed by atoms with Crippen LogP contribution in [0.2, 0.25) is 5.02 Å². The summed E-state index contributed by atoms with van der Waals surface area (Å²) < 4.78 is 1.82. The number of aromatic nitrogens is 3. The van der Waals surface area contributed by atoms with E-state index in [1.165, 1.54) is 0 Å². The lowest BCUT2D eigenvalue weighted by Gasteiger charge is -2.16. The molecule has 0 radical (unpaired) electrons. The van der Waals surface area contributed by atoms with Gasteiger partial charge in [-0.25, -0.2) is 0 Å². The molecule has 0 saturated heterocycles. The Morgan fingerprint density at radius 1 is 1.45 bits per heavy atom. The van der Waals surface area contributed by atoms with Gasteiger partial charge < -0.3 is 0 Å². The number of nitrogens with zero attached hydrogens (tertiary/aromatic N) is 3. The van der Waals surface area contributed by atoms with Crippen molar-refractivity contribution in [3.63, 3.8) is 0 Å². The smallest absolute Gasteiger partial charge is 0.0847 e. The number of nitrogens with one attached hydrogen (secondary N) is 1. The second-order valence-electron chi connectivity index (χ2n) is 4.90. The maximum Gasteiger partial charge on any atom is 0.0847 e. The van der Waals surface area contributed by atoms with E-state index in [-0.39, 0.29) is 6.04 Å². The Morgan fingerprint density at radius 3 is 2.80 bits per heavy atom. The van der Waals surface area contributed by atoms with Crippen LogP contribution in [-0.4, -0.2) is 20.8 Å². The Balaban J connectivity index is 1.99. The molecule has 5 nitrogen and oxygen atoms in total.